The largest absolute Gasteiger partial charge is 0.360 e. The first-order valence-corrected chi connectivity index (χ1v) is 7.48. The summed E-state index contributed by atoms with van der Waals surface area (Å²) in [7, 11) is 1.80. The Balaban J connectivity index is 2.26. The van der Waals surface area contributed by atoms with E-state index in [1.165, 1.54) is 6.07 Å². The van der Waals surface area contributed by atoms with Crippen molar-refractivity contribution in [3.63, 3.8) is 0 Å². The van der Waals surface area contributed by atoms with Gasteiger partial charge < -0.3 is 15.1 Å². The van der Waals surface area contributed by atoms with Crippen LogP contribution >= 0.6 is 0 Å². The van der Waals surface area contributed by atoms with Crippen molar-refractivity contribution in [2.75, 3.05) is 31.6 Å². The van der Waals surface area contributed by atoms with Gasteiger partial charge in [-0.2, -0.15) is 0 Å². The fourth-order valence-corrected chi connectivity index (χ4v) is 2.55. The summed E-state index contributed by atoms with van der Waals surface area (Å²) >= 11 is 0. The van der Waals surface area contributed by atoms with E-state index < -0.39 is 0 Å². The van der Waals surface area contributed by atoms with Crippen LogP contribution in [0.1, 0.15) is 25.8 Å². The van der Waals surface area contributed by atoms with Gasteiger partial charge in [0.05, 0.1) is 12.2 Å². The second kappa shape index (κ2) is 6.89. The molecule has 1 fully saturated rings. The first-order chi connectivity index (χ1) is 9.99. The van der Waals surface area contributed by atoms with Gasteiger partial charge in [-0.15, -0.1) is 0 Å². The Morgan fingerprint density at radius 1 is 1.33 bits per heavy atom. The zero-order valence-corrected chi connectivity index (χ0v) is 13.0. The average Bonchev–Trinajstić information content (AvgIpc) is 2.59. The minimum absolute atomic E-state index is 0.0403. The number of halogens is 1. The molecule has 1 amide bonds. The van der Waals surface area contributed by atoms with Crippen molar-refractivity contribution in [1.29, 1.82) is 0 Å². The lowest BCUT2D eigenvalue weighted by Gasteiger charge is -2.25. The predicted molar refractivity (Wildman–Crippen MR) is 82.8 cm³/mol. The molecule has 1 saturated heterocycles. The van der Waals surface area contributed by atoms with Gasteiger partial charge in [0.1, 0.15) is 5.82 Å². The van der Waals surface area contributed by atoms with Gasteiger partial charge in [0.25, 0.3) is 0 Å². The van der Waals surface area contributed by atoms with E-state index in [1.807, 2.05) is 11.0 Å². The molecule has 5 heteroatoms. The highest BCUT2D eigenvalue weighted by Crippen LogP contribution is 2.26. The minimum atomic E-state index is -0.254. The number of carbonyl (C=O) groups excluding carboxylic acids is 1. The van der Waals surface area contributed by atoms with E-state index in [9.17, 15) is 9.18 Å². The van der Waals surface area contributed by atoms with Crippen LogP contribution in [0.15, 0.2) is 18.2 Å². The SMILES string of the molecule is CC(C)NCc1cccc(F)c1N1CCCN(C)C(=O)C1. The van der Waals surface area contributed by atoms with Crippen molar-refractivity contribution in [2.24, 2.45) is 0 Å². The van der Waals surface area contributed by atoms with E-state index >= 15 is 0 Å². The van der Waals surface area contributed by atoms with Gasteiger partial charge in [0.2, 0.25) is 5.91 Å². The lowest BCUT2D eigenvalue weighted by molar-refractivity contribution is -0.127. The van der Waals surface area contributed by atoms with Crippen LogP contribution in [-0.4, -0.2) is 43.5 Å². The lowest BCUT2D eigenvalue weighted by Crippen LogP contribution is -2.35. The van der Waals surface area contributed by atoms with Crippen molar-refractivity contribution < 1.29 is 9.18 Å². The third-order valence-electron chi connectivity index (χ3n) is 3.76. The number of nitrogens with one attached hydrogen (secondary N) is 1. The number of benzene rings is 1. The molecule has 1 aliphatic heterocycles. The second-order valence-electron chi connectivity index (χ2n) is 5.87. The van der Waals surface area contributed by atoms with Gasteiger partial charge >= 0.3 is 0 Å². The molecule has 4 nitrogen and oxygen atoms in total. The Morgan fingerprint density at radius 2 is 2.10 bits per heavy atom. The third-order valence-corrected chi connectivity index (χ3v) is 3.76. The number of hydrogen-bond donors (Lipinski definition) is 1. The lowest BCUT2D eigenvalue weighted by atomic mass is 10.1. The minimum Gasteiger partial charge on any atom is -0.360 e. The molecule has 1 aromatic rings. The molecular formula is C16H24FN3O. The molecule has 0 saturated carbocycles. The summed E-state index contributed by atoms with van der Waals surface area (Å²) in [5.74, 6) is -0.214. The molecule has 1 heterocycles. The summed E-state index contributed by atoms with van der Waals surface area (Å²) < 4.78 is 14.3. The molecule has 0 radical (unpaired) electrons. The third kappa shape index (κ3) is 3.94. The maximum absolute atomic E-state index is 14.3. The highest BCUT2D eigenvalue weighted by molar-refractivity contribution is 5.82. The molecule has 116 valence electrons. The van der Waals surface area contributed by atoms with Crippen LogP contribution in [0.3, 0.4) is 0 Å². The van der Waals surface area contributed by atoms with Crippen molar-refractivity contribution in [2.45, 2.75) is 32.9 Å². The zero-order chi connectivity index (χ0) is 15.4. The molecule has 1 N–H and O–H groups in total. The molecule has 0 bridgehead atoms. The van der Waals surface area contributed by atoms with Crippen LogP contribution in [0.5, 0.6) is 0 Å². The molecule has 0 atom stereocenters. The number of para-hydroxylation sites is 1. The predicted octanol–water partition coefficient (Wildman–Crippen LogP) is 1.99. The molecule has 1 aliphatic rings. The van der Waals surface area contributed by atoms with Gasteiger partial charge in [0, 0.05) is 32.7 Å². The number of anilines is 1. The van der Waals surface area contributed by atoms with Crippen molar-refractivity contribution in [1.82, 2.24) is 10.2 Å². The van der Waals surface area contributed by atoms with Crippen LogP contribution in [0.25, 0.3) is 0 Å². The Labute approximate surface area is 125 Å². The number of rotatable bonds is 4. The molecule has 2 rings (SSSR count). The van der Waals surface area contributed by atoms with E-state index in [0.717, 1.165) is 18.5 Å². The summed E-state index contributed by atoms with van der Waals surface area (Å²) in [6.45, 7) is 6.39. The molecule has 1 aromatic carbocycles. The van der Waals surface area contributed by atoms with Crippen molar-refractivity contribution in [3.05, 3.63) is 29.6 Å². The summed E-state index contributed by atoms with van der Waals surface area (Å²) in [5.41, 5.74) is 1.47. The average molecular weight is 293 g/mol. The van der Waals surface area contributed by atoms with Crippen LogP contribution < -0.4 is 10.2 Å². The van der Waals surface area contributed by atoms with Crippen LogP contribution in [0.4, 0.5) is 10.1 Å². The number of amides is 1. The van der Waals surface area contributed by atoms with Crippen LogP contribution in [0.2, 0.25) is 0 Å². The molecule has 21 heavy (non-hydrogen) atoms. The smallest absolute Gasteiger partial charge is 0.241 e. The summed E-state index contributed by atoms with van der Waals surface area (Å²) in [6.07, 6.45) is 0.855. The monoisotopic (exact) mass is 293 g/mol. The summed E-state index contributed by atoms with van der Waals surface area (Å²) in [6, 6.07) is 5.44. The van der Waals surface area contributed by atoms with E-state index in [0.29, 0.717) is 24.8 Å². The fraction of sp³-hybridized carbons (Fsp3) is 0.562. The second-order valence-corrected chi connectivity index (χ2v) is 5.87. The molecule has 0 aliphatic carbocycles. The Morgan fingerprint density at radius 3 is 2.81 bits per heavy atom. The van der Waals surface area contributed by atoms with Gasteiger partial charge in [-0.05, 0) is 18.1 Å². The highest BCUT2D eigenvalue weighted by Gasteiger charge is 2.23. The Kier molecular flexibility index (Phi) is 5.17. The number of carbonyl (C=O) groups is 1. The van der Waals surface area contributed by atoms with Crippen LogP contribution in [0, 0.1) is 5.82 Å². The maximum atomic E-state index is 14.3. The Bertz CT molecular complexity index is 504. The first kappa shape index (κ1) is 15.8. The highest BCUT2D eigenvalue weighted by atomic mass is 19.1. The van der Waals surface area contributed by atoms with E-state index in [1.54, 1.807) is 18.0 Å². The molecule has 0 aromatic heterocycles. The quantitative estimate of drug-likeness (QED) is 0.922. The van der Waals surface area contributed by atoms with E-state index in [4.69, 9.17) is 0 Å². The normalized spacial score (nSPS) is 16.5. The number of nitrogens with zero attached hydrogens (tertiary/aromatic N) is 2. The molecular weight excluding hydrogens is 269 g/mol. The first-order valence-electron chi connectivity index (χ1n) is 7.48. The summed E-state index contributed by atoms with van der Waals surface area (Å²) in [5, 5.41) is 3.32. The van der Waals surface area contributed by atoms with E-state index in [2.05, 4.69) is 19.2 Å². The van der Waals surface area contributed by atoms with Gasteiger partial charge in [-0.1, -0.05) is 26.0 Å². The van der Waals surface area contributed by atoms with Gasteiger partial charge in [0.15, 0.2) is 0 Å². The standard InChI is InChI=1S/C16H24FN3O/c1-12(2)18-10-13-6-4-7-14(17)16(13)20-9-5-8-19(3)15(21)11-20/h4,6-7,12,18H,5,8-11H2,1-3H3. The molecule has 0 spiro atoms. The van der Waals surface area contributed by atoms with Crippen LogP contribution in [-0.2, 0) is 11.3 Å². The van der Waals surface area contributed by atoms with E-state index in [-0.39, 0.29) is 18.3 Å². The van der Waals surface area contributed by atoms with Crippen molar-refractivity contribution in [3.8, 4) is 0 Å². The van der Waals surface area contributed by atoms with Gasteiger partial charge in [-0.3, -0.25) is 4.79 Å². The van der Waals surface area contributed by atoms with Crippen molar-refractivity contribution >= 4 is 11.6 Å². The fourth-order valence-electron chi connectivity index (χ4n) is 2.55. The number of hydrogen-bond acceptors (Lipinski definition) is 3. The zero-order valence-electron chi connectivity index (χ0n) is 13.0. The van der Waals surface area contributed by atoms with Gasteiger partial charge in [-0.25, -0.2) is 4.39 Å². The topological polar surface area (TPSA) is 35.6 Å². The Hall–Kier alpha value is -1.62. The number of likely N-dealkylation sites (N-methyl/N-ethyl adjacent to an activating group) is 1. The summed E-state index contributed by atoms with van der Waals surface area (Å²) in [4.78, 5) is 15.6. The molecule has 0 unspecified atom stereocenters. The maximum Gasteiger partial charge on any atom is 0.241 e.